The Bertz CT molecular complexity index is 1230. The van der Waals surface area contributed by atoms with Crippen LogP contribution in [-0.2, 0) is 28.9 Å². The SMILES string of the molecule is CCCCC/C=C\C/C=C\CCCCCCCCC(O)C(=O)NC(COC1OC(CO)C(O)C(OS(=O)(=O)O)C1O)C(O)/C=C/CCCCCCCCCCCCCCC. The van der Waals surface area contributed by atoms with E-state index in [4.69, 9.17) is 9.47 Å². The smallest absolute Gasteiger partial charge is 0.394 e. The van der Waals surface area contributed by atoms with Crippen molar-refractivity contribution < 1.29 is 57.0 Å². The van der Waals surface area contributed by atoms with Gasteiger partial charge >= 0.3 is 10.4 Å². The first-order valence-corrected chi connectivity index (χ1v) is 24.8. The van der Waals surface area contributed by atoms with Crippen molar-refractivity contribution in [3.63, 3.8) is 0 Å². The summed E-state index contributed by atoms with van der Waals surface area (Å²) >= 11 is 0. The van der Waals surface area contributed by atoms with E-state index in [0.29, 0.717) is 12.8 Å². The highest BCUT2D eigenvalue weighted by molar-refractivity contribution is 7.80. The number of allylic oxidation sites excluding steroid dienone is 5. The van der Waals surface area contributed by atoms with Gasteiger partial charge in [0.25, 0.3) is 0 Å². The summed E-state index contributed by atoms with van der Waals surface area (Å²) in [6, 6.07) is -1.12. The second-order valence-electron chi connectivity index (χ2n) is 16.5. The number of ether oxygens (including phenoxy) is 2. The predicted octanol–water partition coefficient (Wildman–Crippen LogP) is 8.08. The number of aliphatic hydroxyl groups excluding tert-OH is 5. The molecule has 0 aromatic heterocycles. The third-order valence-corrected chi connectivity index (χ3v) is 11.5. The normalized spacial score (nSPS) is 21.6. The number of unbranched alkanes of at least 4 members (excludes halogenated alkanes) is 22. The van der Waals surface area contributed by atoms with E-state index in [-0.39, 0.29) is 6.42 Å². The van der Waals surface area contributed by atoms with Crippen molar-refractivity contribution in [2.24, 2.45) is 0 Å². The molecular weight excluding hydrogens is 791 g/mol. The fourth-order valence-electron chi connectivity index (χ4n) is 7.25. The molecule has 0 aromatic rings. The topological polar surface area (TPSA) is 212 Å². The Balaban J connectivity index is 2.60. The molecular formula is C46H85NO12S. The van der Waals surface area contributed by atoms with Crippen LogP contribution in [0.4, 0.5) is 0 Å². The van der Waals surface area contributed by atoms with Crippen molar-refractivity contribution in [2.45, 2.75) is 236 Å². The summed E-state index contributed by atoms with van der Waals surface area (Å²) in [5.41, 5.74) is 0. The average molecular weight is 876 g/mol. The van der Waals surface area contributed by atoms with Gasteiger partial charge in [-0.05, 0) is 51.4 Å². The van der Waals surface area contributed by atoms with Crippen LogP contribution in [-0.4, -0.2) is 107 Å². The summed E-state index contributed by atoms with van der Waals surface area (Å²) in [4.78, 5) is 13.1. The predicted molar refractivity (Wildman–Crippen MR) is 238 cm³/mol. The van der Waals surface area contributed by atoms with Crippen molar-refractivity contribution in [1.29, 1.82) is 0 Å². The molecule has 8 atom stereocenters. The molecule has 8 unspecified atom stereocenters. The molecule has 1 saturated heterocycles. The number of carbonyl (C=O) groups excluding carboxylic acids is 1. The van der Waals surface area contributed by atoms with Gasteiger partial charge in [-0.2, -0.15) is 8.42 Å². The molecule has 0 bridgehead atoms. The summed E-state index contributed by atoms with van der Waals surface area (Å²) in [5.74, 6) is -0.712. The van der Waals surface area contributed by atoms with Gasteiger partial charge in [0, 0.05) is 0 Å². The zero-order valence-corrected chi connectivity index (χ0v) is 37.9. The maximum absolute atomic E-state index is 13.1. The molecule has 0 aromatic carbocycles. The lowest BCUT2D eigenvalue weighted by atomic mass is 9.99. The van der Waals surface area contributed by atoms with Crippen LogP contribution < -0.4 is 5.32 Å². The average Bonchev–Trinajstić information content (AvgIpc) is 3.22. The molecule has 1 heterocycles. The second kappa shape index (κ2) is 36.7. The van der Waals surface area contributed by atoms with Gasteiger partial charge in [0.15, 0.2) is 6.29 Å². The number of carbonyl (C=O) groups is 1. The zero-order chi connectivity index (χ0) is 44.3. The van der Waals surface area contributed by atoms with Crippen LogP contribution in [0.1, 0.15) is 187 Å². The van der Waals surface area contributed by atoms with Crippen molar-refractivity contribution in [3.8, 4) is 0 Å². The van der Waals surface area contributed by atoms with Crippen molar-refractivity contribution in [3.05, 3.63) is 36.5 Å². The molecule has 1 aliphatic rings. The van der Waals surface area contributed by atoms with E-state index in [9.17, 15) is 43.3 Å². The Kier molecular flexibility index (Phi) is 34.5. The van der Waals surface area contributed by atoms with Crippen LogP contribution in [0.15, 0.2) is 36.5 Å². The lowest BCUT2D eigenvalue weighted by Gasteiger charge is -2.41. The number of nitrogens with one attached hydrogen (secondary N) is 1. The standard InChI is InChI=1S/C46H85NO12S/c1-3-5-7-9-11-13-15-17-19-21-23-25-27-29-31-33-35-40(50)45(53)47-38(37-57-46-43(52)44(59-60(54,55)56)42(51)41(36-48)58-46)39(49)34-32-30-28-26-24-22-20-18-16-14-12-10-8-6-4-2/h11,13,17,19,32,34,38-44,46,48-52H,3-10,12,14-16,18,20-31,33,35-37H2,1-2H3,(H,47,53)(H,54,55,56)/b13-11-,19-17-,34-32+. The zero-order valence-electron chi connectivity index (χ0n) is 37.1. The summed E-state index contributed by atoms with van der Waals surface area (Å²) in [5, 5.41) is 55.2. The number of rotatable bonds is 39. The molecule has 0 aliphatic carbocycles. The molecule has 1 fully saturated rings. The fourth-order valence-corrected chi connectivity index (χ4v) is 7.76. The quantitative estimate of drug-likeness (QED) is 0.0178. The molecule has 0 saturated carbocycles. The number of aliphatic hydroxyl groups is 5. The Morgan fingerprint density at radius 3 is 1.67 bits per heavy atom. The maximum Gasteiger partial charge on any atom is 0.397 e. The van der Waals surface area contributed by atoms with Crippen LogP contribution in [0, 0.1) is 0 Å². The Hall–Kier alpha value is -1.72. The van der Waals surface area contributed by atoms with E-state index in [0.717, 1.165) is 70.6 Å². The van der Waals surface area contributed by atoms with E-state index in [1.54, 1.807) is 0 Å². The van der Waals surface area contributed by atoms with Gasteiger partial charge in [0.2, 0.25) is 5.91 Å². The highest BCUT2D eigenvalue weighted by Crippen LogP contribution is 2.26. The molecule has 1 amide bonds. The van der Waals surface area contributed by atoms with Gasteiger partial charge in [0.1, 0.15) is 30.5 Å². The molecule has 13 nitrogen and oxygen atoms in total. The molecule has 0 radical (unpaired) electrons. The van der Waals surface area contributed by atoms with E-state index in [1.807, 2.05) is 6.08 Å². The van der Waals surface area contributed by atoms with Crippen molar-refractivity contribution in [2.75, 3.05) is 13.2 Å². The minimum atomic E-state index is -5.12. The van der Waals surface area contributed by atoms with Crippen LogP contribution in [0.3, 0.4) is 0 Å². The third kappa shape index (κ3) is 28.8. The van der Waals surface area contributed by atoms with Crippen LogP contribution in [0.25, 0.3) is 0 Å². The van der Waals surface area contributed by atoms with Gasteiger partial charge in [-0.3, -0.25) is 9.35 Å². The maximum atomic E-state index is 13.1. The fraction of sp³-hybridized carbons (Fsp3) is 0.848. The van der Waals surface area contributed by atoms with Crippen LogP contribution in [0.5, 0.6) is 0 Å². The number of hydrogen-bond donors (Lipinski definition) is 7. The summed E-state index contributed by atoms with van der Waals surface area (Å²) < 4.78 is 47.5. The van der Waals surface area contributed by atoms with Crippen LogP contribution >= 0.6 is 0 Å². The van der Waals surface area contributed by atoms with E-state index in [2.05, 4.69) is 47.7 Å². The van der Waals surface area contributed by atoms with Gasteiger partial charge < -0.3 is 40.3 Å². The molecule has 7 N–H and O–H groups in total. The third-order valence-electron chi connectivity index (χ3n) is 11.0. The first-order valence-electron chi connectivity index (χ1n) is 23.5. The molecule has 1 aliphatic heterocycles. The number of amides is 1. The minimum absolute atomic E-state index is 0.230. The highest BCUT2D eigenvalue weighted by Gasteiger charge is 2.48. The molecule has 1 rings (SSSR count). The van der Waals surface area contributed by atoms with Gasteiger partial charge in [-0.25, -0.2) is 4.18 Å². The lowest BCUT2D eigenvalue weighted by molar-refractivity contribution is -0.298. The Morgan fingerprint density at radius 2 is 1.15 bits per heavy atom. The van der Waals surface area contributed by atoms with Crippen molar-refractivity contribution in [1.82, 2.24) is 5.32 Å². The molecule has 60 heavy (non-hydrogen) atoms. The Morgan fingerprint density at radius 1 is 0.683 bits per heavy atom. The Labute approximate surface area is 363 Å². The summed E-state index contributed by atoms with van der Waals surface area (Å²) in [6.07, 6.45) is 30.7. The van der Waals surface area contributed by atoms with Crippen molar-refractivity contribution >= 4 is 16.3 Å². The summed E-state index contributed by atoms with van der Waals surface area (Å²) in [6.45, 7) is 3.18. The van der Waals surface area contributed by atoms with Gasteiger partial charge in [-0.15, -0.1) is 0 Å². The monoisotopic (exact) mass is 876 g/mol. The minimum Gasteiger partial charge on any atom is -0.394 e. The molecule has 0 spiro atoms. The second-order valence-corrected chi connectivity index (χ2v) is 17.5. The lowest BCUT2D eigenvalue weighted by Crippen LogP contribution is -2.61. The highest BCUT2D eigenvalue weighted by atomic mass is 32.3. The first kappa shape index (κ1) is 56.3. The van der Waals surface area contributed by atoms with Crippen LogP contribution in [0.2, 0.25) is 0 Å². The summed E-state index contributed by atoms with van der Waals surface area (Å²) in [7, 11) is -5.12. The van der Waals surface area contributed by atoms with E-state index < -0.39 is 78.5 Å². The van der Waals surface area contributed by atoms with Gasteiger partial charge in [0.05, 0.1) is 25.4 Å². The van der Waals surface area contributed by atoms with E-state index >= 15 is 0 Å². The van der Waals surface area contributed by atoms with Gasteiger partial charge in [-0.1, -0.05) is 172 Å². The van der Waals surface area contributed by atoms with E-state index in [1.165, 1.54) is 89.5 Å². The largest absolute Gasteiger partial charge is 0.397 e. The molecule has 14 heteroatoms. The molecule has 352 valence electrons. The number of hydrogen-bond acceptors (Lipinski definition) is 11. The first-order chi connectivity index (χ1) is 28.9.